The zero-order chi connectivity index (χ0) is 13.9. The zero-order valence-electron chi connectivity index (χ0n) is 11.3. The van der Waals surface area contributed by atoms with Crippen LogP contribution in [0.1, 0.15) is 24.6 Å². The minimum absolute atomic E-state index is 0.163. The molecule has 1 aromatic rings. The molecule has 0 aliphatic carbocycles. The van der Waals surface area contributed by atoms with Crippen LogP contribution in [0.4, 0.5) is 0 Å². The molecule has 0 bridgehead atoms. The number of sulfonamides is 1. The molecule has 2 rings (SSSR count). The van der Waals surface area contributed by atoms with Gasteiger partial charge in [-0.05, 0) is 43.6 Å². The van der Waals surface area contributed by atoms with Crippen LogP contribution in [0, 0.1) is 5.92 Å². The van der Waals surface area contributed by atoms with Crippen molar-refractivity contribution in [3.8, 4) is 0 Å². The lowest BCUT2D eigenvalue weighted by Crippen LogP contribution is -2.43. The minimum atomic E-state index is -3.11. The van der Waals surface area contributed by atoms with Gasteiger partial charge in [0, 0.05) is 24.0 Å². The molecule has 0 amide bonds. The second kappa shape index (κ2) is 6.35. The molecule has 1 aliphatic heterocycles. The maximum Gasteiger partial charge on any atom is 0.214 e. The van der Waals surface area contributed by atoms with Crippen molar-refractivity contribution < 1.29 is 8.42 Å². The van der Waals surface area contributed by atoms with E-state index in [1.807, 2.05) is 24.4 Å². The molecule has 1 aliphatic rings. The Morgan fingerprint density at radius 1 is 1.47 bits per heavy atom. The number of piperidine rings is 1. The van der Waals surface area contributed by atoms with Crippen LogP contribution in [0.3, 0.4) is 0 Å². The lowest BCUT2D eigenvalue weighted by molar-refractivity contribution is 0.251. The van der Waals surface area contributed by atoms with Gasteiger partial charge in [-0.3, -0.25) is 0 Å². The summed E-state index contributed by atoms with van der Waals surface area (Å²) in [6, 6.07) is 4.11. The maximum atomic E-state index is 12.3. The van der Waals surface area contributed by atoms with Crippen LogP contribution < -0.4 is 5.73 Å². The Labute approximate surface area is 119 Å². The van der Waals surface area contributed by atoms with Gasteiger partial charge in [-0.25, -0.2) is 12.7 Å². The highest BCUT2D eigenvalue weighted by Crippen LogP contribution is 2.22. The molecule has 6 heteroatoms. The molecule has 2 heterocycles. The van der Waals surface area contributed by atoms with Crippen molar-refractivity contribution in [3.63, 3.8) is 0 Å². The monoisotopic (exact) mass is 302 g/mol. The van der Waals surface area contributed by atoms with Crippen LogP contribution in [0.25, 0.3) is 0 Å². The van der Waals surface area contributed by atoms with Gasteiger partial charge in [-0.2, -0.15) is 0 Å². The summed E-state index contributed by atoms with van der Waals surface area (Å²) in [6.07, 6.45) is 2.39. The molecule has 1 unspecified atom stereocenters. The Hall–Kier alpha value is -0.430. The fourth-order valence-corrected chi connectivity index (χ4v) is 4.83. The first-order valence-corrected chi connectivity index (χ1v) is 9.24. The van der Waals surface area contributed by atoms with Crippen LogP contribution in [0.5, 0.6) is 0 Å². The van der Waals surface area contributed by atoms with Crippen LogP contribution >= 0.6 is 11.3 Å². The number of hydrogen-bond donors (Lipinski definition) is 1. The van der Waals surface area contributed by atoms with E-state index in [1.54, 1.807) is 15.6 Å². The SMILES string of the molecule is CC(N)C1CCN(S(=O)(=O)CCc2cccs2)CC1. The number of nitrogens with two attached hydrogens (primary N) is 1. The average molecular weight is 302 g/mol. The molecule has 0 aromatic carbocycles. The van der Waals surface area contributed by atoms with Crippen molar-refractivity contribution in [1.82, 2.24) is 4.31 Å². The van der Waals surface area contributed by atoms with E-state index < -0.39 is 10.0 Å². The quantitative estimate of drug-likeness (QED) is 0.900. The summed E-state index contributed by atoms with van der Waals surface area (Å²) in [7, 11) is -3.11. The number of rotatable bonds is 5. The molecule has 1 aromatic heterocycles. The van der Waals surface area contributed by atoms with Crippen molar-refractivity contribution in [1.29, 1.82) is 0 Å². The second-order valence-electron chi connectivity index (χ2n) is 5.24. The third kappa shape index (κ3) is 4.02. The second-order valence-corrected chi connectivity index (χ2v) is 8.36. The first-order chi connectivity index (χ1) is 8.99. The van der Waals surface area contributed by atoms with Gasteiger partial charge in [0.2, 0.25) is 10.0 Å². The third-order valence-electron chi connectivity index (χ3n) is 3.82. The number of thiophene rings is 1. The van der Waals surface area contributed by atoms with E-state index >= 15 is 0 Å². The maximum absolute atomic E-state index is 12.3. The summed E-state index contributed by atoms with van der Waals surface area (Å²) in [5, 5.41) is 1.98. The van der Waals surface area contributed by atoms with Gasteiger partial charge < -0.3 is 5.73 Å². The molecule has 1 atom stereocenters. The molecule has 19 heavy (non-hydrogen) atoms. The molecule has 4 nitrogen and oxygen atoms in total. The fraction of sp³-hybridized carbons (Fsp3) is 0.692. The Morgan fingerprint density at radius 3 is 2.68 bits per heavy atom. The molecule has 1 saturated heterocycles. The number of aryl methyl sites for hydroxylation is 1. The van der Waals surface area contributed by atoms with Crippen molar-refractivity contribution in [2.45, 2.75) is 32.2 Å². The van der Waals surface area contributed by atoms with E-state index in [1.165, 1.54) is 0 Å². The molecule has 108 valence electrons. The Balaban J connectivity index is 1.87. The predicted octanol–water partition coefficient (Wildman–Crippen LogP) is 1.68. The van der Waals surface area contributed by atoms with E-state index in [-0.39, 0.29) is 11.8 Å². The van der Waals surface area contributed by atoms with E-state index in [9.17, 15) is 8.42 Å². The van der Waals surface area contributed by atoms with Crippen LogP contribution in [0.2, 0.25) is 0 Å². The highest BCUT2D eigenvalue weighted by atomic mass is 32.2. The molecular formula is C13H22N2O2S2. The lowest BCUT2D eigenvalue weighted by Gasteiger charge is -2.32. The van der Waals surface area contributed by atoms with E-state index in [4.69, 9.17) is 5.73 Å². The Morgan fingerprint density at radius 2 is 2.16 bits per heavy atom. The van der Waals surface area contributed by atoms with Crippen molar-refractivity contribution in [2.75, 3.05) is 18.8 Å². The zero-order valence-corrected chi connectivity index (χ0v) is 12.9. The first-order valence-electron chi connectivity index (χ1n) is 6.75. The molecule has 0 spiro atoms. The van der Waals surface area contributed by atoms with Crippen molar-refractivity contribution in [2.24, 2.45) is 11.7 Å². The summed E-state index contributed by atoms with van der Waals surface area (Å²) in [5.74, 6) is 0.680. The van der Waals surface area contributed by atoms with Gasteiger partial charge in [0.15, 0.2) is 0 Å². The van der Waals surface area contributed by atoms with Gasteiger partial charge in [0.25, 0.3) is 0 Å². The van der Waals surface area contributed by atoms with Crippen LogP contribution in [0.15, 0.2) is 17.5 Å². The highest BCUT2D eigenvalue weighted by molar-refractivity contribution is 7.89. The van der Waals surface area contributed by atoms with Gasteiger partial charge >= 0.3 is 0 Å². The molecule has 0 radical (unpaired) electrons. The Kier molecular flexibility index (Phi) is 5.00. The molecule has 2 N–H and O–H groups in total. The summed E-state index contributed by atoms with van der Waals surface area (Å²) in [5.41, 5.74) is 5.88. The van der Waals surface area contributed by atoms with Crippen LogP contribution in [-0.4, -0.2) is 37.6 Å². The smallest absolute Gasteiger partial charge is 0.214 e. The van der Waals surface area contributed by atoms with Crippen LogP contribution in [-0.2, 0) is 16.4 Å². The van der Waals surface area contributed by atoms with E-state index in [0.29, 0.717) is 25.4 Å². The third-order valence-corrected chi connectivity index (χ3v) is 6.63. The average Bonchev–Trinajstić information content (AvgIpc) is 2.90. The van der Waals surface area contributed by atoms with E-state index in [2.05, 4.69) is 0 Å². The molecule has 1 fully saturated rings. The summed E-state index contributed by atoms with van der Waals surface area (Å²) < 4.78 is 26.2. The summed E-state index contributed by atoms with van der Waals surface area (Å²) in [4.78, 5) is 1.13. The Bertz CT molecular complexity index is 475. The highest BCUT2D eigenvalue weighted by Gasteiger charge is 2.28. The minimum Gasteiger partial charge on any atom is -0.328 e. The topological polar surface area (TPSA) is 63.4 Å². The van der Waals surface area contributed by atoms with Crippen molar-refractivity contribution >= 4 is 21.4 Å². The first kappa shape index (κ1) is 15.0. The van der Waals surface area contributed by atoms with Gasteiger partial charge in [0.05, 0.1) is 5.75 Å². The summed E-state index contributed by atoms with van der Waals surface area (Å²) in [6.45, 7) is 3.25. The number of nitrogens with zero attached hydrogens (tertiary/aromatic N) is 1. The van der Waals surface area contributed by atoms with Gasteiger partial charge in [0.1, 0.15) is 0 Å². The normalized spacial score (nSPS) is 20.5. The molecular weight excluding hydrogens is 280 g/mol. The van der Waals surface area contributed by atoms with Gasteiger partial charge in [-0.1, -0.05) is 6.07 Å². The van der Waals surface area contributed by atoms with Crippen molar-refractivity contribution in [3.05, 3.63) is 22.4 Å². The number of hydrogen-bond acceptors (Lipinski definition) is 4. The van der Waals surface area contributed by atoms with E-state index in [0.717, 1.165) is 17.7 Å². The molecule has 0 saturated carbocycles. The predicted molar refractivity (Wildman–Crippen MR) is 79.8 cm³/mol. The standard InChI is InChI=1S/C13H22N2O2S2/c1-11(14)12-4-7-15(8-5-12)19(16,17)10-6-13-3-2-9-18-13/h2-3,9,11-12H,4-8,10,14H2,1H3. The summed E-state index contributed by atoms with van der Waals surface area (Å²) >= 11 is 1.62. The fourth-order valence-electron chi connectivity index (χ4n) is 2.49. The lowest BCUT2D eigenvalue weighted by atomic mass is 9.92. The van der Waals surface area contributed by atoms with Gasteiger partial charge in [-0.15, -0.1) is 11.3 Å². The largest absolute Gasteiger partial charge is 0.328 e.